The molecule has 1 aromatic heterocycles. The zero-order valence-corrected chi connectivity index (χ0v) is 12.8. The van der Waals surface area contributed by atoms with E-state index in [1.807, 2.05) is 6.92 Å². The fourth-order valence-electron chi connectivity index (χ4n) is 1.89. The van der Waals surface area contributed by atoms with E-state index in [2.05, 4.69) is 10.4 Å². The third kappa shape index (κ3) is 3.16. The molecule has 0 saturated carbocycles. The standard InChI is InChI=1S/C14H19FN4O3/c1-4-10-5-12(19-14(21)18(3)16-17-19)13(6-11(10)15)22-8-9(2)7-20/h5-6,9,20H,4,7-8H2,1-3H3/t9-/m1/s1. The molecule has 22 heavy (non-hydrogen) atoms. The van der Waals surface area contributed by atoms with Crippen molar-refractivity contribution in [3.05, 3.63) is 34.0 Å². The maximum Gasteiger partial charge on any atom is 0.368 e. The molecular formula is C14H19FN4O3. The molecule has 0 aliphatic rings. The Bertz CT molecular complexity index is 711. The minimum absolute atomic E-state index is 0.0457. The van der Waals surface area contributed by atoms with Crippen molar-refractivity contribution in [2.45, 2.75) is 20.3 Å². The summed E-state index contributed by atoms with van der Waals surface area (Å²) in [7, 11) is 1.48. The molecule has 0 aliphatic carbocycles. The molecule has 0 bridgehead atoms. The highest BCUT2D eigenvalue weighted by Gasteiger charge is 2.16. The minimum Gasteiger partial charge on any atom is -0.491 e. The van der Waals surface area contributed by atoms with Crippen molar-refractivity contribution in [3.63, 3.8) is 0 Å². The number of aromatic nitrogens is 4. The van der Waals surface area contributed by atoms with Crippen LogP contribution < -0.4 is 10.4 Å². The second kappa shape index (κ2) is 6.69. The van der Waals surface area contributed by atoms with E-state index < -0.39 is 11.5 Å². The molecular weight excluding hydrogens is 291 g/mol. The fourth-order valence-corrected chi connectivity index (χ4v) is 1.89. The summed E-state index contributed by atoms with van der Waals surface area (Å²) in [5.74, 6) is -0.326. The third-order valence-corrected chi connectivity index (χ3v) is 3.29. The van der Waals surface area contributed by atoms with E-state index in [1.54, 1.807) is 6.92 Å². The highest BCUT2D eigenvalue weighted by Crippen LogP contribution is 2.26. The van der Waals surface area contributed by atoms with Crippen molar-refractivity contribution >= 4 is 0 Å². The number of benzene rings is 1. The van der Waals surface area contributed by atoms with Crippen molar-refractivity contribution in [1.82, 2.24) is 19.8 Å². The smallest absolute Gasteiger partial charge is 0.368 e. The lowest BCUT2D eigenvalue weighted by molar-refractivity contribution is 0.174. The van der Waals surface area contributed by atoms with Gasteiger partial charge >= 0.3 is 5.69 Å². The maximum atomic E-state index is 14.0. The van der Waals surface area contributed by atoms with Crippen LogP contribution in [-0.4, -0.2) is 38.1 Å². The van der Waals surface area contributed by atoms with Gasteiger partial charge in [-0.3, -0.25) is 0 Å². The summed E-state index contributed by atoms with van der Waals surface area (Å²) in [5, 5.41) is 16.5. The molecule has 1 N–H and O–H groups in total. The van der Waals surface area contributed by atoms with Gasteiger partial charge in [0.15, 0.2) is 0 Å². The lowest BCUT2D eigenvalue weighted by Gasteiger charge is -2.15. The first kappa shape index (κ1) is 16.2. The number of aliphatic hydroxyl groups is 1. The largest absolute Gasteiger partial charge is 0.491 e. The van der Waals surface area contributed by atoms with Gasteiger partial charge in [-0.05, 0) is 28.5 Å². The van der Waals surface area contributed by atoms with E-state index >= 15 is 0 Å². The van der Waals surface area contributed by atoms with Crippen LogP contribution >= 0.6 is 0 Å². The Hall–Kier alpha value is -2.22. The number of aryl methyl sites for hydroxylation is 2. The second-order valence-corrected chi connectivity index (χ2v) is 5.16. The number of hydrogen-bond acceptors (Lipinski definition) is 5. The molecule has 0 radical (unpaired) electrons. The molecule has 120 valence electrons. The first-order valence-electron chi connectivity index (χ1n) is 7.03. The van der Waals surface area contributed by atoms with E-state index in [0.717, 1.165) is 9.36 Å². The van der Waals surface area contributed by atoms with E-state index in [9.17, 15) is 9.18 Å². The Morgan fingerprint density at radius 2 is 2.14 bits per heavy atom. The zero-order valence-electron chi connectivity index (χ0n) is 12.8. The van der Waals surface area contributed by atoms with Crippen LogP contribution in [0.3, 0.4) is 0 Å². The van der Waals surface area contributed by atoms with Gasteiger partial charge in [-0.1, -0.05) is 13.8 Å². The van der Waals surface area contributed by atoms with Gasteiger partial charge in [0, 0.05) is 25.6 Å². The van der Waals surface area contributed by atoms with Gasteiger partial charge in [0.1, 0.15) is 17.3 Å². The van der Waals surface area contributed by atoms with Gasteiger partial charge in [0.25, 0.3) is 0 Å². The lowest BCUT2D eigenvalue weighted by atomic mass is 10.1. The van der Waals surface area contributed by atoms with E-state index in [4.69, 9.17) is 9.84 Å². The Morgan fingerprint density at radius 1 is 1.41 bits per heavy atom. The Labute approximate surface area is 126 Å². The van der Waals surface area contributed by atoms with Crippen molar-refractivity contribution in [1.29, 1.82) is 0 Å². The van der Waals surface area contributed by atoms with Crippen molar-refractivity contribution < 1.29 is 14.2 Å². The SMILES string of the molecule is CCc1cc(-n2nnn(C)c2=O)c(OC[C@H](C)CO)cc1F. The van der Waals surface area contributed by atoms with Gasteiger partial charge in [-0.25, -0.2) is 9.18 Å². The van der Waals surface area contributed by atoms with Crippen LogP contribution in [0.5, 0.6) is 5.75 Å². The highest BCUT2D eigenvalue weighted by atomic mass is 19.1. The molecule has 2 aromatic rings. The summed E-state index contributed by atoms with van der Waals surface area (Å²) in [6.07, 6.45) is 0.473. The number of rotatable bonds is 6. The van der Waals surface area contributed by atoms with Crippen LogP contribution in [0.2, 0.25) is 0 Å². The van der Waals surface area contributed by atoms with Gasteiger partial charge in [0.2, 0.25) is 0 Å². The summed E-state index contributed by atoms with van der Waals surface area (Å²) < 4.78 is 21.7. The Kier molecular flexibility index (Phi) is 4.92. The molecule has 0 amide bonds. The van der Waals surface area contributed by atoms with Gasteiger partial charge in [-0.15, -0.1) is 0 Å². The van der Waals surface area contributed by atoms with Crippen LogP contribution in [0.25, 0.3) is 5.69 Å². The predicted octanol–water partition coefficient (Wildman–Crippen LogP) is 0.675. The molecule has 0 saturated heterocycles. The van der Waals surface area contributed by atoms with Crippen molar-refractivity contribution in [2.75, 3.05) is 13.2 Å². The molecule has 0 unspecified atom stereocenters. The molecule has 0 fully saturated rings. The summed E-state index contributed by atoms with van der Waals surface area (Å²) in [5.41, 5.74) is 0.338. The molecule has 0 aliphatic heterocycles. The highest BCUT2D eigenvalue weighted by molar-refractivity contribution is 5.49. The first-order valence-corrected chi connectivity index (χ1v) is 7.03. The number of hydrogen-bond donors (Lipinski definition) is 1. The minimum atomic E-state index is -0.450. The van der Waals surface area contributed by atoms with Gasteiger partial charge in [0.05, 0.1) is 6.61 Å². The van der Waals surface area contributed by atoms with E-state index in [-0.39, 0.29) is 24.9 Å². The molecule has 1 aromatic carbocycles. The van der Waals surface area contributed by atoms with Crippen molar-refractivity contribution in [2.24, 2.45) is 13.0 Å². The van der Waals surface area contributed by atoms with Crippen LogP contribution in [0.1, 0.15) is 19.4 Å². The quantitative estimate of drug-likeness (QED) is 0.848. The monoisotopic (exact) mass is 310 g/mol. The van der Waals surface area contributed by atoms with Gasteiger partial charge < -0.3 is 9.84 Å². The molecule has 8 heteroatoms. The zero-order chi connectivity index (χ0) is 16.3. The van der Waals surface area contributed by atoms with E-state index in [1.165, 1.54) is 19.2 Å². The molecule has 1 heterocycles. The maximum absolute atomic E-state index is 14.0. The number of ether oxygens (including phenoxy) is 1. The molecule has 0 spiro atoms. The van der Waals surface area contributed by atoms with Crippen molar-refractivity contribution in [3.8, 4) is 11.4 Å². The third-order valence-electron chi connectivity index (χ3n) is 3.29. The molecule has 2 rings (SSSR count). The summed E-state index contributed by atoms with van der Waals surface area (Å²) in [6, 6.07) is 2.77. The lowest BCUT2D eigenvalue weighted by Crippen LogP contribution is -2.23. The number of aliphatic hydroxyl groups excluding tert-OH is 1. The number of tetrazole rings is 1. The van der Waals surface area contributed by atoms with Crippen LogP contribution in [0.4, 0.5) is 4.39 Å². The van der Waals surface area contributed by atoms with Crippen LogP contribution in [0, 0.1) is 11.7 Å². The predicted molar refractivity (Wildman–Crippen MR) is 77.7 cm³/mol. The number of nitrogens with zero attached hydrogens (tertiary/aromatic N) is 4. The van der Waals surface area contributed by atoms with Gasteiger partial charge in [-0.2, -0.15) is 9.36 Å². The second-order valence-electron chi connectivity index (χ2n) is 5.16. The molecule has 7 nitrogen and oxygen atoms in total. The summed E-state index contributed by atoms with van der Waals surface area (Å²) in [4.78, 5) is 12.0. The van der Waals surface area contributed by atoms with Crippen LogP contribution in [0.15, 0.2) is 16.9 Å². The Morgan fingerprint density at radius 3 is 2.68 bits per heavy atom. The van der Waals surface area contributed by atoms with E-state index in [0.29, 0.717) is 17.7 Å². The molecule has 1 atom stereocenters. The first-order chi connectivity index (χ1) is 10.5. The summed E-state index contributed by atoms with van der Waals surface area (Å²) >= 11 is 0. The Balaban J connectivity index is 2.49. The number of halogens is 1. The summed E-state index contributed by atoms with van der Waals surface area (Å²) in [6.45, 7) is 3.76. The average molecular weight is 310 g/mol. The topological polar surface area (TPSA) is 82.2 Å². The normalized spacial score (nSPS) is 12.4. The van der Waals surface area contributed by atoms with Crippen LogP contribution in [-0.2, 0) is 13.5 Å². The average Bonchev–Trinajstić information content (AvgIpc) is 2.84. The fraction of sp³-hybridized carbons (Fsp3) is 0.500.